The van der Waals surface area contributed by atoms with Crippen LogP contribution in [0.2, 0.25) is 5.02 Å². The largest absolute Gasteiger partial charge is 0.484 e. The topological polar surface area (TPSA) is 87.7 Å². The van der Waals surface area contributed by atoms with Crippen LogP contribution in [0.1, 0.15) is 36.0 Å². The number of nitrogens with one attached hydrogen (secondary N) is 2. The molecule has 3 amide bonds. The minimum absolute atomic E-state index is 0.00560. The maximum atomic E-state index is 12.8. The zero-order valence-electron chi connectivity index (χ0n) is 17.0. The van der Waals surface area contributed by atoms with Gasteiger partial charge in [0, 0.05) is 35.8 Å². The zero-order valence-corrected chi connectivity index (χ0v) is 17.8. The van der Waals surface area contributed by atoms with Crippen molar-refractivity contribution in [3.05, 3.63) is 53.1 Å². The minimum atomic E-state index is -0.412. The third-order valence-electron chi connectivity index (χ3n) is 5.30. The molecule has 162 valence electrons. The van der Waals surface area contributed by atoms with Gasteiger partial charge in [-0.2, -0.15) is 0 Å². The van der Waals surface area contributed by atoms with Gasteiger partial charge in [-0.15, -0.1) is 0 Å². The minimum Gasteiger partial charge on any atom is -0.484 e. The molecule has 0 bridgehead atoms. The van der Waals surface area contributed by atoms with Crippen LogP contribution in [0.15, 0.2) is 42.5 Å². The fraction of sp³-hybridized carbons (Fsp3) is 0.348. The number of hydrogen-bond donors (Lipinski definition) is 2. The van der Waals surface area contributed by atoms with E-state index in [0.717, 1.165) is 25.7 Å². The first-order valence-electron chi connectivity index (χ1n) is 10.4. The number of amides is 3. The van der Waals surface area contributed by atoms with E-state index in [4.69, 9.17) is 16.3 Å². The molecule has 1 heterocycles. The molecule has 1 saturated carbocycles. The summed E-state index contributed by atoms with van der Waals surface area (Å²) in [6, 6.07) is 11.7. The number of carbonyl (C=O) groups is 3. The molecule has 0 unspecified atom stereocenters. The molecular formula is C23H24ClN3O4. The molecule has 7 nitrogen and oxygen atoms in total. The number of carbonyl (C=O) groups excluding carboxylic acids is 3. The van der Waals surface area contributed by atoms with Crippen LogP contribution in [0.4, 0.5) is 11.4 Å². The van der Waals surface area contributed by atoms with Gasteiger partial charge in [-0.25, -0.2) is 0 Å². The number of ether oxygens (including phenoxy) is 1. The van der Waals surface area contributed by atoms with Crippen molar-refractivity contribution >= 4 is 40.7 Å². The molecule has 2 fully saturated rings. The Morgan fingerprint density at radius 3 is 2.55 bits per heavy atom. The van der Waals surface area contributed by atoms with Crippen LogP contribution in [0.5, 0.6) is 5.75 Å². The summed E-state index contributed by atoms with van der Waals surface area (Å²) < 4.78 is 5.58. The lowest BCUT2D eigenvalue weighted by atomic mass is 10.1. The monoisotopic (exact) mass is 441 g/mol. The SMILES string of the molecule is O=C(COc1cccc(NC(=O)C2CC2)c1)Nc1cc(Cl)ccc1C(=O)N1CCCC1. The number of hydrogen-bond acceptors (Lipinski definition) is 4. The third kappa shape index (κ3) is 5.55. The average molecular weight is 442 g/mol. The summed E-state index contributed by atoms with van der Waals surface area (Å²) >= 11 is 6.08. The molecule has 1 saturated heterocycles. The molecule has 2 aromatic rings. The van der Waals surface area contributed by atoms with Crippen molar-refractivity contribution in [2.45, 2.75) is 25.7 Å². The molecule has 4 rings (SSSR count). The Morgan fingerprint density at radius 2 is 1.81 bits per heavy atom. The molecule has 1 aliphatic heterocycles. The molecule has 1 aliphatic carbocycles. The van der Waals surface area contributed by atoms with Crippen LogP contribution in [0.25, 0.3) is 0 Å². The van der Waals surface area contributed by atoms with E-state index in [1.54, 1.807) is 47.4 Å². The summed E-state index contributed by atoms with van der Waals surface area (Å²) in [5.41, 5.74) is 1.40. The van der Waals surface area contributed by atoms with Gasteiger partial charge in [0.1, 0.15) is 5.75 Å². The highest BCUT2D eigenvalue weighted by molar-refractivity contribution is 6.31. The van der Waals surface area contributed by atoms with Crippen LogP contribution in [0, 0.1) is 5.92 Å². The molecule has 0 atom stereocenters. The molecule has 2 N–H and O–H groups in total. The Balaban J connectivity index is 1.37. The Bertz CT molecular complexity index is 1000. The zero-order chi connectivity index (χ0) is 21.8. The van der Waals surface area contributed by atoms with Crippen LogP contribution in [-0.4, -0.2) is 42.3 Å². The van der Waals surface area contributed by atoms with Gasteiger partial charge in [0.15, 0.2) is 6.61 Å². The van der Waals surface area contributed by atoms with Gasteiger partial charge in [-0.05, 0) is 56.0 Å². The Kier molecular flexibility index (Phi) is 6.42. The molecule has 31 heavy (non-hydrogen) atoms. The van der Waals surface area contributed by atoms with Crippen molar-refractivity contribution in [2.75, 3.05) is 30.3 Å². The number of anilines is 2. The average Bonchev–Trinajstić information content (AvgIpc) is 3.47. The van der Waals surface area contributed by atoms with Gasteiger partial charge in [-0.3, -0.25) is 14.4 Å². The number of rotatable bonds is 7. The first-order chi connectivity index (χ1) is 15.0. The van der Waals surface area contributed by atoms with E-state index in [0.29, 0.717) is 40.8 Å². The second-order valence-electron chi connectivity index (χ2n) is 7.82. The molecule has 2 aromatic carbocycles. The standard InChI is InChI=1S/C23H24ClN3O4/c24-16-8-9-19(23(30)27-10-1-2-11-27)20(12-16)26-21(28)14-31-18-5-3-4-17(13-18)25-22(29)15-6-7-15/h3-5,8-9,12-13,15H,1-2,6-7,10-11,14H2,(H,25,29)(H,26,28). The Hall–Kier alpha value is -3.06. The lowest BCUT2D eigenvalue weighted by Crippen LogP contribution is -2.29. The summed E-state index contributed by atoms with van der Waals surface area (Å²) in [6.07, 6.45) is 3.81. The Labute approximate surface area is 185 Å². The fourth-order valence-corrected chi connectivity index (χ4v) is 3.66. The van der Waals surface area contributed by atoms with Gasteiger partial charge >= 0.3 is 0 Å². The first-order valence-corrected chi connectivity index (χ1v) is 10.8. The van der Waals surface area contributed by atoms with Crippen molar-refractivity contribution in [2.24, 2.45) is 5.92 Å². The number of halogens is 1. The Morgan fingerprint density at radius 1 is 1.03 bits per heavy atom. The van der Waals surface area contributed by atoms with Gasteiger partial charge in [-0.1, -0.05) is 17.7 Å². The predicted molar refractivity (Wildman–Crippen MR) is 119 cm³/mol. The van der Waals surface area contributed by atoms with E-state index in [9.17, 15) is 14.4 Å². The summed E-state index contributed by atoms with van der Waals surface area (Å²) in [4.78, 5) is 38.9. The number of nitrogens with zero attached hydrogens (tertiary/aromatic N) is 1. The van der Waals surface area contributed by atoms with Crippen LogP contribution >= 0.6 is 11.6 Å². The van der Waals surface area contributed by atoms with Crippen LogP contribution < -0.4 is 15.4 Å². The maximum absolute atomic E-state index is 12.8. The van der Waals surface area contributed by atoms with Gasteiger partial charge in [0.05, 0.1) is 11.3 Å². The molecule has 8 heteroatoms. The van der Waals surface area contributed by atoms with Gasteiger partial charge in [0.2, 0.25) is 5.91 Å². The second-order valence-corrected chi connectivity index (χ2v) is 8.25. The van der Waals surface area contributed by atoms with Crippen molar-refractivity contribution in [3.8, 4) is 5.75 Å². The third-order valence-corrected chi connectivity index (χ3v) is 5.53. The normalized spacial score (nSPS) is 15.5. The summed E-state index contributed by atoms with van der Waals surface area (Å²) in [7, 11) is 0. The van der Waals surface area contributed by atoms with Gasteiger partial charge < -0.3 is 20.3 Å². The molecule has 0 spiro atoms. The highest BCUT2D eigenvalue weighted by atomic mass is 35.5. The molecule has 0 radical (unpaired) electrons. The van der Waals surface area contributed by atoms with Crippen molar-refractivity contribution in [3.63, 3.8) is 0 Å². The van der Waals surface area contributed by atoms with Crippen LogP contribution in [-0.2, 0) is 9.59 Å². The van der Waals surface area contributed by atoms with Crippen molar-refractivity contribution < 1.29 is 19.1 Å². The highest BCUT2D eigenvalue weighted by Gasteiger charge is 2.29. The maximum Gasteiger partial charge on any atom is 0.262 e. The van der Waals surface area contributed by atoms with E-state index in [1.165, 1.54) is 0 Å². The van der Waals surface area contributed by atoms with E-state index in [2.05, 4.69) is 10.6 Å². The summed E-state index contributed by atoms with van der Waals surface area (Å²) in [5, 5.41) is 6.00. The van der Waals surface area contributed by atoms with E-state index in [-0.39, 0.29) is 24.3 Å². The molecular weight excluding hydrogens is 418 g/mol. The fourth-order valence-electron chi connectivity index (χ4n) is 3.49. The summed E-state index contributed by atoms with van der Waals surface area (Å²) in [5.74, 6) is 0.0365. The van der Waals surface area contributed by atoms with E-state index in [1.807, 2.05) is 0 Å². The van der Waals surface area contributed by atoms with Crippen molar-refractivity contribution in [1.29, 1.82) is 0 Å². The van der Waals surface area contributed by atoms with E-state index < -0.39 is 5.91 Å². The smallest absolute Gasteiger partial charge is 0.262 e. The molecule has 2 aliphatic rings. The highest BCUT2D eigenvalue weighted by Crippen LogP contribution is 2.30. The first kappa shape index (κ1) is 21.2. The van der Waals surface area contributed by atoms with Gasteiger partial charge in [0.25, 0.3) is 11.8 Å². The number of benzene rings is 2. The molecule has 0 aromatic heterocycles. The van der Waals surface area contributed by atoms with Crippen LogP contribution in [0.3, 0.4) is 0 Å². The summed E-state index contributed by atoms with van der Waals surface area (Å²) in [6.45, 7) is 1.18. The quantitative estimate of drug-likeness (QED) is 0.681. The predicted octanol–water partition coefficient (Wildman–Crippen LogP) is 3.94. The van der Waals surface area contributed by atoms with E-state index >= 15 is 0 Å². The van der Waals surface area contributed by atoms with Crippen molar-refractivity contribution in [1.82, 2.24) is 4.90 Å². The second kappa shape index (κ2) is 9.39. The lowest BCUT2D eigenvalue weighted by Gasteiger charge is -2.18. The lowest BCUT2D eigenvalue weighted by molar-refractivity contribution is -0.118. The number of likely N-dealkylation sites (tertiary alicyclic amines) is 1.